The minimum Gasteiger partial charge on any atom is -0.414 e. The van der Waals surface area contributed by atoms with Crippen molar-refractivity contribution in [2.75, 3.05) is 12.9 Å². The maximum absolute atomic E-state index is 12.5. The molecule has 1 aromatic carbocycles. The fourth-order valence-corrected chi connectivity index (χ4v) is 6.42. The van der Waals surface area contributed by atoms with Crippen LogP contribution in [0.4, 0.5) is 0 Å². The van der Waals surface area contributed by atoms with Crippen molar-refractivity contribution >= 4 is 26.8 Å². The first-order valence-electron chi connectivity index (χ1n) is 12.6. The van der Waals surface area contributed by atoms with Gasteiger partial charge in [-0.25, -0.2) is 4.18 Å². The standard InChI is InChI=1S/C26H45NO7SSi2/c1-24(2,3)36(8,9)31-18-21-26(19-27,34-35(7,28)29)22(33-37(10,11)25(4,5)6)23(32-21)30-17-20-15-13-12-14-16-20/h12-16,21-23H,17-18H2,1-11H3/t21-,22+,23-,26-/m1/s1. The van der Waals surface area contributed by atoms with Crippen LogP contribution in [-0.2, 0) is 39.2 Å². The lowest BCUT2D eigenvalue weighted by molar-refractivity contribution is -0.172. The Morgan fingerprint density at radius 1 is 1.00 bits per heavy atom. The molecular weight excluding hydrogens is 527 g/mol. The average Bonchev–Trinajstić information content (AvgIpc) is 3.01. The number of rotatable bonds is 10. The van der Waals surface area contributed by atoms with Crippen LogP contribution in [-0.4, -0.2) is 62.0 Å². The van der Waals surface area contributed by atoms with Crippen LogP contribution in [0.15, 0.2) is 30.3 Å². The van der Waals surface area contributed by atoms with E-state index < -0.39 is 50.9 Å². The van der Waals surface area contributed by atoms with Gasteiger partial charge in [0.2, 0.25) is 5.60 Å². The molecule has 2 rings (SSSR count). The molecule has 0 amide bonds. The fourth-order valence-electron chi connectivity index (χ4n) is 3.41. The number of ether oxygens (including phenoxy) is 2. The Kier molecular flexibility index (Phi) is 9.70. The van der Waals surface area contributed by atoms with Gasteiger partial charge in [0.25, 0.3) is 10.1 Å². The molecule has 1 aliphatic heterocycles. The summed E-state index contributed by atoms with van der Waals surface area (Å²) in [5, 5.41) is 10.2. The smallest absolute Gasteiger partial charge is 0.266 e. The molecule has 0 aromatic heterocycles. The molecule has 0 unspecified atom stereocenters. The van der Waals surface area contributed by atoms with Crippen LogP contribution in [0.1, 0.15) is 47.1 Å². The van der Waals surface area contributed by atoms with Gasteiger partial charge in [-0.2, -0.15) is 13.7 Å². The predicted molar refractivity (Wildman–Crippen MR) is 149 cm³/mol. The lowest BCUT2D eigenvalue weighted by Gasteiger charge is -2.42. The summed E-state index contributed by atoms with van der Waals surface area (Å²) in [7, 11) is -8.88. The Balaban J connectivity index is 2.55. The van der Waals surface area contributed by atoms with Crippen molar-refractivity contribution in [1.82, 2.24) is 0 Å². The Hall–Kier alpha value is -1.11. The summed E-state index contributed by atoms with van der Waals surface area (Å²) in [4.78, 5) is 0. The monoisotopic (exact) mass is 571 g/mol. The minimum absolute atomic E-state index is 0.0257. The van der Waals surface area contributed by atoms with Gasteiger partial charge in [-0.1, -0.05) is 71.9 Å². The SMILES string of the molecule is CC(C)(C)[Si](C)(C)OC[C@H]1O[C@@H](OCc2ccccc2)[C@H](O[Si](C)(C)C(C)(C)C)[C@]1(C#N)OS(C)(=O)=O. The van der Waals surface area contributed by atoms with Gasteiger partial charge in [-0.05, 0) is 41.8 Å². The molecule has 4 atom stereocenters. The summed E-state index contributed by atoms with van der Waals surface area (Å²) in [5.74, 6) is 0. The van der Waals surface area contributed by atoms with Crippen molar-refractivity contribution in [3.63, 3.8) is 0 Å². The highest BCUT2D eigenvalue weighted by molar-refractivity contribution is 7.86. The Morgan fingerprint density at radius 2 is 1.54 bits per heavy atom. The maximum Gasteiger partial charge on any atom is 0.266 e. The number of hydrogen-bond acceptors (Lipinski definition) is 8. The van der Waals surface area contributed by atoms with Crippen LogP contribution in [0.3, 0.4) is 0 Å². The first kappa shape index (κ1) is 32.1. The lowest BCUT2D eigenvalue weighted by atomic mass is 9.95. The summed E-state index contributed by atoms with van der Waals surface area (Å²) >= 11 is 0. The van der Waals surface area contributed by atoms with E-state index in [2.05, 4.69) is 60.7 Å². The van der Waals surface area contributed by atoms with Crippen LogP contribution in [0.25, 0.3) is 0 Å². The van der Waals surface area contributed by atoms with Gasteiger partial charge < -0.3 is 18.3 Å². The van der Waals surface area contributed by atoms with E-state index in [-0.39, 0.29) is 23.3 Å². The second kappa shape index (κ2) is 11.2. The van der Waals surface area contributed by atoms with Crippen molar-refractivity contribution in [1.29, 1.82) is 5.26 Å². The highest BCUT2D eigenvalue weighted by Crippen LogP contribution is 2.45. The number of hydrogen-bond donors (Lipinski definition) is 0. The number of benzene rings is 1. The van der Waals surface area contributed by atoms with Gasteiger partial charge in [-0.15, -0.1) is 0 Å². The molecule has 1 heterocycles. The van der Waals surface area contributed by atoms with Crippen molar-refractivity contribution in [3.05, 3.63) is 35.9 Å². The number of nitrogens with zero attached hydrogens (tertiary/aromatic N) is 1. The molecule has 0 spiro atoms. The Morgan fingerprint density at radius 3 is 2.00 bits per heavy atom. The van der Waals surface area contributed by atoms with E-state index in [4.69, 9.17) is 22.5 Å². The van der Waals surface area contributed by atoms with E-state index >= 15 is 0 Å². The van der Waals surface area contributed by atoms with E-state index in [0.29, 0.717) is 0 Å². The van der Waals surface area contributed by atoms with E-state index in [1.807, 2.05) is 43.4 Å². The van der Waals surface area contributed by atoms with Crippen molar-refractivity contribution < 1.29 is 30.9 Å². The van der Waals surface area contributed by atoms with Gasteiger partial charge in [-0.3, -0.25) is 0 Å². The molecule has 8 nitrogen and oxygen atoms in total. The van der Waals surface area contributed by atoms with Gasteiger partial charge in [0, 0.05) is 0 Å². The maximum atomic E-state index is 12.5. The molecule has 1 fully saturated rings. The molecule has 1 saturated heterocycles. The summed E-state index contributed by atoms with van der Waals surface area (Å²) < 4.78 is 56.1. The number of nitriles is 1. The quantitative estimate of drug-likeness (QED) is 0.265. The molecule has 1 aliphatic rings. The molecule has 0 saturated carbocycles. The summed E-state index contributed by atoms with van der Waals surface area (Å²) in [6, 6.07) is 11.7. The molecule has 1 aromatic rings. The zero-order valence-corrected chi connectivity index (χ0v) is 27.1. The third kappa shape index (κ3) is 7.73. The molecule has 0 radical (unpaired) electrons. The van der Waals surface area contributed by atoms with Crippen LogP contribution < -0.4 is 0 Å². The second-order valence-corrected chi connectivity index (χ2v) is 24.0. The molecule has 210 valence electrons. The third-order valence-electron chi connectivity index (χ3n) is 7.80. The largest absolute Gasteiger partial charge is 0.414 e. The molecule has 11 heteroatoms. The van der Waals surface area contributed by atoms with Crippen molar-refractivity contribution in [2.24, 2.45) is 0 Å². The van der Waals surface area contributed by atoms with Gasteiger partial charge in [0.15, 0.2) is 22.9 Å². The third-order valence-corrected chi connectivity index (χ3v) is 17.3. The van der Waals surface area contributed by atoms with Gasteiger partial charge in [0.05, 0.1) is 19.5 Å². The van der Waals surface area contributed by atoms with Crippen molar-refractivity contribution in [2.45, 2.75) is 109 Å². The van der Waals surface area contributed by atoms with Crippen molar-refractivity contribution in [3.8, 4) is 6.07 Å². The Labute approximate surface area is 226 Å². The summed E-state index contributed by atoms with van der Waals surface area (Å²) in [6.07, 6.45) is -2.26. The second-order valence-electron chi connectivity index (χ2n) is 12.9. The van der Waals surface area contributed by atoms with Crippen LogP contribution in [0, 0.1) is 11.3 Å². The van der Waals surface area contributed by atoms with Gasteiger partial charge >= 0.3 is 0 Å². The van der Waals surface area contributed by atoms with E-state index in [0.717, 1.165) is 11.8 Å². The van der Waals surface area contributed by atoms with E-state index in [1.165, 1.54) is 0 Å². The van der Waals surface area contributed by atoms with Crippen LogP contribution in [0.2, 0.25) is 36.3 Å². The average molecular weight is 572 g/mol. The first-order valence-corrected chi connectivity index (χ1v) is 20.2. The predicted octanol–water partition coefficient (Wildman–Crippen LogP) is 5.58. The van der Waals surface area contributed by atoms with Gasteiger partial charge in [0.1, 0.15) is 18.3 Å². The topological polar surface area (TPSA) is 104 Å². The zero-order valence-electron chi connectivity index (χ0n) is 24.2. The molecule has 0 bridgehead atoms. The molecular formula is C26H45NO7SSi2. The van der Waals surface area contributed by atoms with E-state index in [1.54, 1.807) is 0 Å². The molecule has 37 heavy (non-hydrogen) atoms. The van der Waals surface area contributed by atoms with Crippen LogP contribution in [0.5, 0.6) is 0 Å². The summed E-state index contributed by atoms with van der Waals surface area (Å²) in [6.45, 7) is 20.9. The highest BCUT2D eigenvalue weighted by atomic mass is 32.2. The van der Waals surface area contributed by atoms with E-state index in [9.17, 15) is 13.7 Å². The van der Waals surface area contributed by atoms with Crippen LogP contribution >= 0.6 is 0 Å². The first-order chi connectivity index (χ1) is 16.7. The zero-order chi connectivity index (χ0) is 28.5. The molecule has 0 N–H and O–H groups in total. The normalized spacial score (nSPS) is 25.7. The summed E-state index contributed by atoms with van der Waals surface area (Å²) in [5.41, 5.74) is -1.07. The Bertz CT molecular complexity index is 1060. The highest BCUT2D eigenvalue weighted by Gasteiger charge is 2.64. The minimum atomic E-state index is -4.07. The molecule has 0 aliphatic carbocycles. The fraction of sp³-hybridized carbons (Fsp3) is 0.731. The lowest BCUT2D eigenvalue weighted by Crippen LogP contribution is -2.58.